The van der Waals surface area contributed by atoms with Crippen molar-refractivity contribution in [1.29, 1.82) is 0 Å². The van der Waals surface area contributed by atoms with E-state index in [4.69, 9.17) is 4.74 Å². The van der Waals surface area contributed by atoms with Gasteiger partial charge in [-0.25, -0.2) is 4.98 Å². The number of nitrogens with zero attached hydrogens (tertiary/aromatic N) is 2. The lowest BCUT2D eigenvalue weighted by Crippen LogP contribution is -2.28. The third kappa shape index (κ3) is 5.43. The number of benzene rings is 2. The van der Waals surface area contributed by atoms with Crippen LogP contribution in [0.5, 0.6) is 0 Å². The highest BCUT2D eigenvalue weighted by Crippen LogP contribution is 2.21. The van der Waals surface area contributed by atoms with Crippen molar-refractivity contribution in [3.63, 3.8) is 0 Å². The molecule has 9 heteroatoms. The number of para-hydroxylation sites is 2. The Bertz CT molecular complexity index is 1280. The van der Waals surface area contributed by atoms with Crippen molar-refractivity contribution in [1.82, 2.24) is 14.9 Å². The van der Waals surface area contributed by atoms with E-state index in [2.05, 4.69) is 15.6 Å². The Hall–Kier alpha value is -4.01. The number of amides is 2. The van der Waals surface area contributed by atoms with Gasteiger partial charge in [-0.1, -0.05) is 24.3 Å². The molecule has 0 bridgehead atoms. The molecule has 1 aliphatic carbocycles. The van der Waals surface area contributed by atoms with Crippen LogP contribution in [0.1, 0.15) is 35.2 Å². The molecule has 3 aromatic rings. The zero-order valence-corrected chi connectivity index (χ0v) is 18.2. The van der Waals surface area contributed by atoms with E-state index in [9.17, 15) is 19.2 Å². The summed E-state index contributed by atoms with van der Waals surface area (Å²) in [4.78, 5) is 53.6. The maximum atomic E-state index is 12.6. The van der Waals surface area contributed by atoms with E-state index in [1.807, 2.05) is 13.0 Å². The molecule has 0 aliphatic heterocycles. The van der Waals surface area contributed by atoms with Gasteiger partial charge in [0.05, 0.1) is 34.9 Å². The zero-order valence-electron chi connectivity index (χ0n) is 18.2. The molecule has 2 amide bonds. The fourth-order valence-corrected chi connectivity index (χ4v) is 3.39. The molecule has 1 saturated carbocycles. The first-order valence-corrected chi connectivity index (χ1v) is 10.7. The normalized spacial score (nSPS) is 12.9. The molecular weight excluding hydrogens is 424 g/mol. The number of rotatable bonds is 8. The first-order chi connectivity index (χ1) is 15.9. The molecular formula is C24H24N4O5. The largest absolute Gasteiger partial charge is 0.456 e. The Morgan fingerprint density at radius 3 is 2.70 bits per heavy atom. The molecule has 0 atom stereocenters. The van der Waals surface area contributed by atoms with E-state index < -0.39 is 18.5 Å². The molecule has 0 radical (unpaired) electrons. The Labute approximate surface area is 189 Å². The molecule has 2 N–H and O–H groups in total. The van der Waals surface area contributed by atoms with Crippen LogP contribution in [0.25, 0.3) is 10.9 Å². The second-order valence-electron chi connectivity index (χ2n) is 7.97. The fraction of sp³-hybridized carbons (Fsp3) is 0.292. The van der Waals surface area contributed by atoms with Gasteiger partial charge < -0.3 is 15.4 Å². The third-order valence-corrected chi connectivity index (χ3v) is 5.33. The number of fused-ring (bicyclic) bond motifs is 1. The number of nitrogens with one attached hydrogen (secondary N) is 2. The van der Waals surface area contributed by atoms with Crippen LogP contribution in [0.2, 0.25) is 0 Å². The molecule has 33 heavy (non-hydrogen) atoms. The molecule has 1 aromatic heterocycles. The topological polar surface area (TPSA) is 119 Å². The van der Waals surface area contributed by atoms with Crippen LogP contribution in [-0.2, 0) is 20.9 Å². The van der Waals surface area contributed by atoms with Gasteiger partial charge in [-0.15, -0.1) is 0 Å². The zero-order chi connectivity index (χ0) is 23.4. The van der Waals surface area contributed by atoms with E-state index in [1.54, 1.807) is 36.4 Å². The van der Waals surface area contributed by atoms with Crippen molar-refractivity contribution in [3.8, 4) is 0 Å². The predicted octanol–water partition coefficient (Wildman–Crippen LogP) is 2.17. The van der Waals surface area contributed by atoms with Crippen molar-refractivity contribution < 1.29 is 19.1 Å². The first kappa shape index (κ1) is 22.2. The van der Waals surface area contributed by atoms with Crippen molar-refractivity contribution in [3.05, 3.63) is 70.3 Å². The average molecular weight is 448 g/mol. The first-order valence-electron chi connectivity index (χ1n) is 10.7. The van der Waals surface area contributed by atoms with Crippen LogP contribution in [0.3, 0.4) is 0 Å². The van der Waals surface area contributed by atoms with E-state index in [1.165, 1.54) is 10.9 Å². The van der Waals surface area contributed by atoms with Crippen LogP contribution in [0.4, 0.5) is 5.69 Å². The van der Waals surface area contributed by atoms with Gasteiger partial charge in [0.1, 0.15) is 0 Å². The molecule has 0 spiro atoms. The predicted molar refractivity (Wildman–Crippen MR) is 122 cm³/mol. The maximum absolute atomic E-state index is 12.6. The van der Waals surface area contributed by atoms with Gasteiger partial charge in [0.25, 0.3) is 17.4 Å². The van der Waals surface area contributed by atoms with Gasteiger partial charge in [-0.3, -0.25) is 23.7 Å². The van der Waals surface area contributed by atoms with Crippen LogP contribution >= 0.6 is 0 Å². The monoisotopic (exact) mass is 448 g/mol. The highest BCUT2D eigenvalue weighted by Gasteiger charge is 2.25. The van der Waals surface area contributed by atoms with Gasteiger partial charge in [-0.05, 0) is 43.5 Å². The van der Waals surface area contributed by atoms with Crippen molar-refractivity contribution in [2.45, 2.75) is 38.8 Å². The van der Waals surface area contributed by atoms with Gasteiger partial charge in [0.15, 0.2) is 6.61 Å². The molecule has 0 unspecified atom stereocenters. The second kappa shape index (κ2) is 9.64. The van der Waals surface area contributed by atoms with E-state index in [-0.39, 0.29) is 30.5 Å². The van der Waals surface area contributed by atoms with Crippen molar-refractivity contribution >= 4 is 34.4 Å². The quantitative estimate of drug-likeness (QED) is 0.510. The molecule has 9 nitrogen and oxygen atoms in total. The summed E-state index contributed by atoms with van der Waals surface area (Å²) in [6.45, 7) is 1.46. The summed E-state index contributed by atoms with van der Waals surface area (Å²) in [5.41, 5.74) is 1.98. The number of esters is 1. The number of ether oxygens (including phenoxy) is 1. The van der Waals surface area contributed by atoms with E-state index in [0.717, 1.165) is 18.4 Å². The lowest BCUT2D eigenvalue weighted by atomic mass is 10.1. The summed E-state index contributed by atoms with van der Waals surface area (Å²) in [5, 5.41) is 5.96. The lowest BCUT2D eigenvalue weighted by molar-refractivity contribution is -0.147. The second-order valence-corrected chi connectivity index (χ2v) is 7.97. The Kier molecular flexibility index (Phi) is 6.48. The summed E-state index contributed by atoms with van der Waals surface area (Å²) < 4.78 is 6.38. The van der Waals surface area contributed by atoms with Gasteiger partial charge in [-0.2, -0.15) is 0 Å². The van der Waals surface area contributed by atoms with Crippen LogP contribution in [0.15, 0.2) is 53.6 Å². The summed E-state index contributed by atoms with van der Waals surface area (Å²) >= 11 is 0. The minimum Gasteiger partial charge on any atom is -0.456 e. The minimum atomic E-state index is -0.624. The number of aromatic nitrogens is 2. The van der Waals surface area contributed by atoms with Crippen molar-refractivity contribution in [2.75, 3.05) is 11.9 Å². The average Bonchev–Trinajstić information content (AvgIpc) is 3.62. The Morgan fingerprint density at radius 2 is 1.91 bits per heavy atom. The fourth-order valence-electron chi connectivity index (χ4n) is 3.39. The van der Waals surface area contributed by atoms with Crippen LogP contribution < -0.4 is 16.2 Å². The van der Waals surface area contributed by atoms with Gasteiger partial charge >= 0.3 is 5.97 Å². The lowest BCUT2D eigenvalue weighted by Gasteiger charge is -2.11. The van der Waals surface area contributed by atoms with E-state index in [0.29, 0.717) is 22.2 Å². The van der Waals surface area contributed by atoms with Gasteiger partial charge in [0, 0.05) is 12.6 Å². The molecule has 1 heterocycles. The number of carbonyl (C=O) groups is 3. The summed E-state index contributed by atoms with van der Waals surface area (Å²) in [6.07, 6.45) is 3.22. The van der Waals surface area contributed by atoms with Crippen LogP contribution in [0, 0.1) is 6.92 Å². The highest BCUT2D eigenvalue weighted by molar-refractivity contribution is 6.04. The number of carbonyl (C=O) groups excluding carboxylic acids is 3. The molecule has 1 fully saturated rings. The summed E-state index contributed by atoms with van der Waals surface area (Å²) in [7, 11) is 0. The minimum absolute atomic E-state index is 0.0837. The molecule has 4 rings (SSSR count). The van der Waals surface area contributed by atoms with Crippen molar-refractivity contribution in [2.24, 2.45) is 0 Å². The maximum Gasteiger partial charge on any atom is 0.308 e. The SMILES string of the molecule is Cc1cccc2c(=O)n(CCC(=O)OCC(=O)Nc3ccccc3C(=O)NC3CC3)cnc12. The van der Waals surface area contributed by atoms with E-state index >= 15 is 0 Å². The number of anilines is 1. The molecule has 2 aromatic carbocycles. The highest BCUT2D eigenvalue weighted by atomic mass is 16.5. The van der Waals surface area contributed by atoms with Crippen LogP contribution in [-0.4, -0.2) is 40.0 Å². The standard InChI is InChI=1S/C24H24N4O5/c1-15-5-4-7-18-22(15)25-14-28(24(18)32)12-11-21(30)33-13-20(29)27-19-8-3-2-6-17(19)23(31)26-16-9-10-16/h2-8,14,16H,9-13H2,1H3,(H,26,31)(H,27,29). The Balaban J connectivity index is 1.30. The molecule has 170 valence electrons. The third-order valence-electron chi connectivity index (χ3n) is 5.33. The number of hydrogen-bond donors (Lipinski definition) is 2. The summed E-state index contributed by atoms with van der Waals surface area (Å²) in [6, 6.07) is 12.2. The Morgan fingerprint density at radius 1 is 1.12 bits per heavy atom. The van der Waals surface area contributed by atoms with Gasteiger partial charge in [0.2, 0.25) is 0 Å². The molecule has 0 saturated heterocycles. The molecule has 1 aliphatic rings. The number of hydrogen-bond acceptors (Lipinski definition) is 6. The smallest absolute Gasteiger partial charge is 0.308 e. The number of aryl methyl sites for hydroxylation is 2. The summed E-state index contributed by atoms with van der Waals surface area (Å²) in [5.74, 6) is -1.44.